The van der Waals surface area contributed by atoms with Gasteiger partial charge in [0.05, 0.1) is 11.7 Å². The van der Waals surface area contributed by atoms with Crippen molar-refractivity contribution in [1.82, 2.24) is 20.4 Å². The van der Waals surface area contributed by atoms with Gasteiger partial charge in [-0.15, -0.1) is 0 Å². The minimum Gasteiger partial charge on any atom is -0.351 e. The second-order valence-electron chi connectivity index (χ2n) is 7.46. The van der Waals surface area contributed by atoms with Crippen molar-refractivity contribution >= 4 is 11.8 Å². The first-order valence-corrected chi connectivity index (χ1v) is 9.97. The SMILES string of the molecule is C[C@H](N)C(=O)NCc1cccc(-n2nc(C(F)(F)F)cc2C(=O)NCc2cc(F)cc(F)c2)c1. The Morgan fingerprint density at radius 2 is 1.65 bits per heavy atom. The minimum atomic E-state index is -4.82. The summed E-state index contributed by atoms with van der Waals surface area (Å²) in [6.45, 7) is 1.22. The molecule has 0 bridgehead atoms. The average molecular weight is 481 g/mol. The molecular weight excluding hydrogens is 461 g/mol. The van der Waals surface area contributed by atoms with Crippen LogP contribution in [0, 0.1) is 11.6 Å². The summed E-state index contributed by atoms with van der Waals surface area (Å²) in [5, 5.41) is 8.44. The highest BCUT2D eigenvalue weighted by molar-refractivity contribution is 5.93. The smallest absolute Gasteiger partial charge is 0.351 e. The van der Waals surface area contributed by atoms with Gasteiger partial charge in [-0.25, -0.2) is 13.5 Å². The maximum absolute atomic E-state index is 13.4. The second kappa shape index (κ2) is 10.00. The van der Waals surface area contributed by atoms with Gasteiger partial charge in [0, 0.05) is 25.2 Å². The molecule has 0 aliphatic heterocycles. The first-order chi connectivity index (χ1) is 15.9. The molecule has 0 aliphatic carbocycles. The Kier molecular flexibility index (Phi) is 7.30. The topological polar surface area (TPSA) is 102 Å². The van der Waals surface area contributed by atoms with E-state index in [-0.39, 0.29) is 24.3 Å². The van der Waals surface area contributed by atoms with Crippen LogP contribution in [-0.2, 0) is 24.1 Å². The van der Waals surface area contributed by atoms with E-state index in [1.807, 2.05) is 0 Å². The predicted molar refractivity (Wildman–Crippen MR) is 112 cm³/mol. The number of nitrogens with two attached hydrogens (primary N) is 1. The van der Waals surface area contributed by atoms with Crippen molar-refractivity contribution < 1.29 is 31.5 Å². The number of aromatic nitrogens is 2. The summed E-state index contributed by atoms with van der Waals surface area (Å²) < 4.78 is 67.5. The zero-order chi connectivity index (χ0) is 25.0. The van der Waals surface area contributed by atoms with E-state index >= 15 is 0 Å². The molecule has 34 heavy (non-hydrogen) atoms. The van der Waals surface area contributed by atoms with Gasteiger partial charge in [0.25, 0.3) is 5.91 Å². The molecule has 0 unspecified atom stereocenters. The molecule has 0 aliphatic rings. The lowest BCUT2D eigenvalue weighted by Gasteiger charge is -2.11. The summed E-state index contributed by atoms with van der Waals surface area (Å²) in [5.41, 5.74) is 4.48. The molecule has 0 spiro atoms. The number of carbonyl (C=O) groups excluding carboxylic acids is 2. The van der Waals surface area contributed by atoms with Crippen LogP contribution >= 0.6 is 0 Å². The van der Waals surface area contributed by atoms with E-state index in [0.717, 1.165) is 16.8 Å². The Labute approximate surface area is 190 Å². The Hall–Kier alpha value is -3.80. The van der Waals surface area contributed by atoms with E-state index in [1.165, 1.54) is 25.1 Å². The third-order valence-corrected chi connectivity index (χ3v) is 4.64. The van der Waals surface area contributed by atoms with Crippen LogP contribution in [0.2, 0.25) is 0 Å². The normalized spacial score (nSPS) is 12.3. The molecule has 3 rings (SSSR count). The fourth-order valence-corrected chi connectivity index (χ4v) is 3.01. The second-order valence-corrected chi connectivity index (χ2v) is 7.46. The molecule has 4 N–H and O–H groups in total. The Morgan fingerprint density at radius 1 is 1.00 bits per heavy atom. The first kappa shape index (κ1) is 24.8. The first-order valence-electron chi connectivity index (χ1n) is 9.97. The lowest BCUT2D eigenvalue weighted by molar-refractivity contribution is -0.141. The number of benzene rings is 2. The van der Waals surface area contributed by atoms with E-state index in [1.54, 1.807) is 6.07 Å². The highest BCUT2D eigenvalue weighted by atomic mass is 19.4. The number of hydrogen-bond acceptors (Lipinski definition) is 4. The summed E-state index contributed by atoms with van der Waals surface area (Å²) in [6.07, 6.45) is -4.82. The molecule has 1 aromatic heterocycles. The number of halogens is 5. The molecule has 0 radical (unpaired) electrons. The van der Waals surface area contributed by atoms with Crippen molar-refractivity contribution in [3.63, 3.8) is 0 Å². The van der Waals surface area contributed by atoms with Crippen LogP contribution in [0.15, 0.2) is 48.5 Å². The van der Waals surface area contributed by atoms with Gasteiger partial charge in [0.1, 0.15) is 17.3 Å². The fourth-order valence-electron chi connectivity index (χ4n) is 3.01. The van der Waals surface area contributed by atoms with Crippen molar-refractivity contribution in [3.05, 3.63) is 82.7 Å². The molecule has 0 saturated heterocycles. The molecule has 7 nitrogen and oxygen atoms in total. The quantitative estimate of drug-likeness (QED) is 0.452. The van der Waals surface area contributed by atoms with Gasteiger partial charge in [0.15, 0.2) is 5.69 Å². The predicted octanol–water partition coefficient (Wildman–Crippen LogP) is 3.06. The maximum atomic E-state index is 13.4. The molecular formula is C22H20F5N5O2. The minimum absolute atomic E-state index is 0.0499. The van der Waals surface area contributed by atoms with Gasteiger partial charge in [-0.3, -0.25) is 9.59 Å². The lowest BCUT2D eigenvalue weighted by Crippen LogP contribution is -2.37. The Morgan fingerprint density at radius 3 is 2.26 bits per heavy atom. The average Bonchev–Trinajstić information content (AvgIpc) is 3.21. The third-order valence-electron chi connectivity index (χ3n) is 4.64. The number of nitrogens with zero attached hydrogens (tertiary/aromatic N) is 2. The van der Waals surface area contributed by atoms with Crippen LogP contribution in [0.25, 0.3) is 5.69 Å². The fraction of sp³-hybridized carbons (Fsp3) is 0.227. The van der Waals surface area contributed by atoms with Crippen molar-refractivity contribution in [3.8, 4) is 5.69 Å². The maximum Gasteiger partial charge on any atom is 0.435 e. The highest BCUT2D eigenvalue weighted by Crippen LogP contribution is 2.29. The molecule has 2 aromatic carbocycles. The van der Waals surface area contributed by atoms with E-state index in [9.17, 15) is 31.5 Å². The number of amides is 2. The van der Waals surface area contributed by atoms with E-state index in [2.05, 4.69) is 15.7 Å². The van der Waals surface area contributed by atoms with Crippen molar-refractivity contribution in [2.45, 2.75) is 32.2 Å². The largest absolute Gasteiger partial charge is 0.435 e. The molecule has 1 atom stereocenters. The van der Waals surface area contributed by atoms with Crippen LogP contribution in [0.3, 0.4) is 0 Å². The molecule has 3 aromatic rings. The van der Waals surface area contributed by atoms with Crippen LogP contribution < -0.4 is 16.4 Å². The summed E-state index contributed by atoms with van der Waals surface area (Å²) in [6, 6.07) is 8.49. The van der Waals surface area contributed by atoms with Crippen molar-refractivity contribution in [1.29, 1.82) is 0 Å². The summed E-state index contributed by atoms with van der Waals surface area (Å²) >= 11 is 0. The number of hydrogen-bond donors (Lipinski definition) is 3. The summed E-state index contributed by atoms with van der Waals surface area (Å²) in [7, 11) is 0. The molecule has 180 valence electrons. The zero-order valence-electron chi connectivity index (χ0n) is 17.8. The van der Waals surface area contributed by atoms with Gasteiger partial charge >= 0.3 is 6.18 Å². The summed E-state index contributed by atoms with van der Waals surface area (Å²) in [4.78, 5) is 24.4. The number of carbonyl (C=O) groups is 2. The van der Waals surface area contributed by atoms with Crippen LogP contribution in [0.1, 0.15) is 34.2 Å². The Balaban J connectivity index is 1.89. The Bertz CT molecular complexity index is 1190. The summed E-state index contributed by atoms with van der Waals surface area (Å²) in [5.74, 6) is -3.08. The molecule has 2 amide bonds. The van der Waals surface area contributed by atoms with Crippen LogP contribution in [0.4, 0.5) is 22.0 Å². The van der Waals surface area contributed by atoms with Gasteiger partial charge < -0.3 is 16.4 Å². The third kappa shape index (κ3) is 6.16. The van der Waals surface area contributed by atoms with Crippen LogP contribution in [-0.4, -0.2) is 27.6 Å². The van der Waals surface area contributed by atoms with Crippen molar-refractivity contribution in [2.75, 3.05) is 0 Å². The number of rotatable bonds is 7. The number of alkyl halides is 3. The monoisotopic (exact) mass is 481 g/mol. The van der Waals surface area contributed by atoms with Gasteiger partial charge in [-0.1, -0.05) is 12.1 Å². The van der Waals surface area contributed by atoms with Crippen LogP contribution in [0.5, 0.6) is 0 Å². The van der Waals surface area contributed by atoms with E-state index in [0.29, 0.717) is 17.7 Å². The zero-order valence-corrected chi connectivity index (χ0v) is 17.8. The van der Waals surface area contributed by atoms with Gasteiger partial charge in [-0.05, 0) is 42.3 Å². The standard InChI is InChI=1S/C22H20F5N5O2/c1-12(28)20(33)29-10-13-3-2-4-17(7-13)32-18(9-19(31-32)22(25,26)27)21(34)30-11-14-5-15(23)8-16(24)6-14/h2-9,12H,10-11,28H2,1H3,(H,29,33)(H,30,34)/t12-/m0/s1. The van der Waals surface area contributed by atoms with E-state index in [4.69, 9.17) is 5.73 Å². The highest BCUT2D eigenvalue weighted by Gasteiger charge is 2.36. The molecule has 0 fully saturated rings. The van der Waals surface area contributed by atoms with Gasteiger partial charge in [-0.2, -0.15) is 18.3 Å². The molecule has 12 heteroatoms. The van der Waals surface area contributed by atoms with E-state index < -0.39 is 47.1 Å². The lowest BCUT2D eigenvalue weighted by atomic mass is 10.2. The van der Waals surface area contributed by atoms with Crippen molar-refractivity contribution in [2.24, 2.45) is 5.73 Å². The number of nitrogens with one attached hydrogen (secondary N) is 2. The van der Waals surface area contributed by atoms with Gasteiger partial charge in [0.2, 0.25) is 5.91 Å². The molecule has 1 heterocycles. The molecule has 0 saturated carbocycles.